The molecule has 1 amide bonds. The molecule has 3 aromatic rings. The van der Waals surface area contributed by atoms with Gasteiger partial charge in [0, 0.05) is 29.3 Å². The molecule has 154 valence electrons. The van der Waals surface area contributed by atoms with Gasteiger partial charge in [-0.2, -0.15) is 0 Å². The van der Waals surface area contributed by atoms with Crippen molar-refractivity contribution in [2.75, 3.05) is 11.9 Å². The smallest absolute Gasteiger partial charge is 0.248 e. The molecule has 0 unspecified atom stereocenters. The van der Waals surface area contributed by atoms with Gasteiger partial charge in [-0.25, -0.2) is 13.8 Å². The highest BCUT2D eigenvalue weighted by atomic mass is 35.5. The molecule has 0 aliphatic heterocycles. The van der Waals surface area contributed by atoms with E-state index >= 15 is 0 Å². The van der Waals surface area contributed by atoms with Crippen LogP contribution >= 0.6 is 11.6 Å². The van der Waals surface area contributed by atoms with Crippen molar-refractivity contribution in [2.24, 2.45) is 5.73 Å². The minimum Gasteiger partial charge on any atom is -0.366 e. The van der Waals surface area contributed by atoms with Gasteiger partial charge in [-0.15, -0.1) is 10.2 Å². The van der Waals surface area contributed by atoms with Gasteiger partial charge in [0.15, 0.2) is 0 Å². The number of hydrogen-bond acceptors (Lipinski definition) is 6. The summed E-state index contributed by atoms with van der Waals surface area (Å²) in [5, 5.41) is 11.5. The lowest BCUT2D eigenvalue weighted by atomic mass is 9.65. The van der Waals surface area contributed by atoms with Gasteiger partial charge in [-0.1, -0.05) is 11.6 Å². The van der Waals surface area contributed by atoms with Crippen LogP contribution in [0.2, 0.25) is 5.02 Å². The summed E-state index contributed by atoms with van der Waals surface area (Å²) in [6, 6.07) is 7.16. The number of primary amides is 1. The molecule has 4 rings (SSSR count). The molecule has 1 aromatic carbocycles. The zero-order valence-corrected chi connectivity index (χ0v) is 16.4. The van der Waals surface area contributed by atoms with E-state index in [0.29, 0.717) is 17.3 Å². The van der Waals surface area contributed by atoms with Gasteiger partial charge in [-0.05, 0) is 43.2 Å². The molecule has 0 bridgehead atoms. The molecule has 3 N–H and O–H groups in total. The van der Waals surface area contributed by atoms with Crippen LogP contribution in [0.4, 0.5) is 14.7 Å². The zero-order chi connectivity index (χ0) is 21.3. The highest BCUT2D eigenvalue weighted by Gasteiger charge is 2.48. The highest BCUT2D eigenvalue weighted by molar-refractivity contribution is 6.31. The van der Waals surface area contributed by atoms with Crippen LogP contribution in [0.1, 0.15) is 28.9 Å². The number of hydrogen-bond donors (Lipinski definition) is 2. The summed E-state index contributed by atoms with van der Waals surface area (Å²) < 4.78 is 27.8. The maximum Gasteiger partial charge on any atom is 0.248 e. The van der Waals surface area contributed by atoms with Gasteiger partial charge in [0.05, 0.1) is 16.9 Å². The minimum absolute atomic E-state index is 0.0638. The van der Waals surface area contributed by atoms with Crippen molar-refractivity contribution in [3.8, 4) is 11.3 Å². The van der Waals surface area contributed by atoms with Crippen molar-refractivity contribution in [2.45, 2.75) is 24.4 Å². The van der Waals surface area contributed by atoms with Crippen molar-refractivity contribution >= 4 is 23.5 Å². The number of halogens is 3. The second-order valence-electron chi connectivity index (χ2n) is 7.20. The van der Waals surface area contributed by atoms with Crippen molar-refractivity contribution in [1.29, 1.82) is 0 Å². The van der Waals surface area contributed by atoms with E-state index in [1.54, 1.807) is 18.3 Å². The van der Waals surface area contributed by atoms with Crippen LogP contribution in [0.25, 0.3) is 11.3 Å². The molecule has 2 heterocycles. The number of carbonyl (C=O) groups is 1. The number of anilines is 1. The van der Waals surface area contributed by atoms with Crippen LogP contribution in [0.5, 0.6) is 0 Å². The fourth-order valence-electron chi connectivity index (χ4n) is 3.59. The molecule has 1 saturated carbocycles. The number of nitrogens with zero attached hydrogens (tertiary/aromatic N) is 4. The minimum atomic E-state index is -0.924. The maximum absolute atomic E-state index is 14.1. The Bertz CT molecular complexity index is 1090. The van der Waals surface area contributed by atoms with E-state index in [0.717, 1.165) is 6.07 Å². The van der Waals surface area contributed by atoms with E-state index in [4.69, 9.17) is 17.3 Å². The molecular weight excluding hydrogens is 414 g/mol. The molecule has 7 nitrogen and oxygen atoms in total. The number of nitrogens with one attached hydrogen (secondary N) is 1. The second kappa shape index (κ2) is 7.91. The van der Waals surface area contributed by atoms with E-state index in [-0.39, 0.29) is 35.6 Å². The summed E-state index contributed by atoms with van der Waals surface area (Å²) in [6.07, 6.45) is 2.60. The van der Waals surface area contributed by atoms with Crippen molar-refractivity contribution in [3.05, 3.63) is 64.8 Å². The van der Waals surface area contributed by atoms with Gasteiger partial charge in [0.25, 0.3) is 0 Å². The number of pyridine rings is 1. The molecule has 0 spiro atoms. The predicted molar refractivity (Wildman–Crippen MR) is 107 cm³/mol. The molecule has 2 aromatic heterocycles. The van der Waals surface area contributed by atoms with Gasteiger partial charge in [0.1, 0.15) is 17.7 Å². The lowest BCUT2D eigenvalue weighted by Gasteiger charge is -2.44. The molecule has 1 aliphatic rings. The topological polar surface area (TPSA) is 107 Å². The summed E-state index contributed by atoms with van der Waals surface area (Å²) >= 11 is 6.26. The fourth-order valence-corrected chi connectivity index (χ4v) is 3.91. The van der Waals surface area contributed by atoms with Crippen LogP contribution in [0, 0.1) is 5.82 Å². The Hall–Kier alpha value is -3.20. The van der Waals surface area contributed by atoms with Gasteiger partial charge < -0.3 is 11.1 Å². The Morgan fingerprint density at radius 1 is 1.27 bits per heavy atom. The molecule has 1 aliphatic carbocycles. The van der Waals surface area contributed by atoms with Gasteiger partial charge in [0.2, 0.25) is 11.9 Å². The Morgan fingerprint density at radius 2 is 2.07 bits per heavy atom. The summed E-state index contributed by atoms with van der Waals surface area (Å²) in [6.45, 7) is 0.316. The first kappa shape index (κ1) is 20.1. The molecule has 10 heteroatoms. The zero-order valence-electron chi connectivity index (χ0n) is 15.6. The number of carbonyl (C=O) groups excluding carboxylic acids is 1. The van der Waals surface area contributed by atoms with E-state index in [1.165, 1.54) is 18.3 Å². The first-order valence-electron chi connectivity index (χ1n) is 9.16. The quantitative estimate of drug-likeness (QED) is 0.621. The van der Waals surface area contributed by atoms with Crippen LogP contribution in [-0.2, 0) is 5.41 Å². The molecule has 30 heavy (non-hydrogen) atoms. The molecule has 0 radical (unpaired) electrons. The number of alkyl halides is 1. The Balaban J connectivity index is 1.52. The van der Waals surface area contributed by atoms with Gasteiger partial charge >= 0.3 is 0 Å². The average molecular weight is 431 g/mol. The van der Waals surface area contributed by atoms with E-state index < -0.39 is 23.3 Å². The van der Waals surface area contributed by atoms with E-state index in [1.807, 2.05) is 0 Å². The van der Waals surface area contributed by atoms with E-state index in [2.05, 4.69) is 25.5 Å². The molecule has 0 saturated heterocycles. The lowest BCUT2D eigenvalue weighted by molar-refractivity contribution is 0.0993. The van der Waals surface area contributed by atoms with Crippen molar-refractivity contribution < 1.29 is 13.6 Å². The largest absolute Gasteiger partial charge is 0.366 e. The van der Waals surface area contributed by atoms with Gasteiger partial charge in [-0.3, -0.25) is 9.78 Å². The monoisotopic (exact) mass is 430 g/mol. The van der Waals surface area contributed by atoms with Crippen molar-refractivity contribution in [3.63, 3.8) is 0 Å². The fraction of sp³-hybridized carbons (Fsp3) is 0.250. The maximum atomic E-state index is 14.1. The molecule has 1 fully saturated rings. The predicted octanol–water partition coefficient (Wildman–Crippen LogP) is 3.31. The Morgan fingerprint density at radius 3 is 2.70 bits per heavy atom. The summed E-state index contributed by atoms with van der Waals surface area (Å²) in [5.74, 6) is -1.07. The van der Waals surface area contributed by atoms with Crippen molar-refractivity contribution in [1.82, 2.24) is 20.2 Å². The highest BCUT2D eigenvalue weighted by Crippen LogP contribution is 2.46. The van der Waals surface area contributed by atoms with Crippen LogP contribution in [-0.4, -0.2) is 38.8 Å². The SMILES string of the molecule is NC(=O)c1ccc(F)c(-c2cnc(NCC3(c4ncccc4Cl)CC(F)C3)nn2)c1. The summed E-state index contributed by atoms with van der Waals surface area (Å²) in [7, 11) is 0. The summed E-state index contributed by atoms with van der Waals surface area (Å²) in [5.41, 5.74) is 5.66. The molecule has 0 atom stereocenters. The second-order valence-corrected chi connectivity index (χ2v) is 7.61. The Kier molecular flexibility index (Phi) is 5.29. The average Bonchev–Trinajstić information content (AvgIpc) is 2.71. The van der Waals surface area contributed by atoms with Crippen LogP contribution in [0.15, 0.2) is 42.7 Å². The number of benzene rings is 1. The number of amides is 1. The first-order chi connectivity index (χ1) is 14.4. The number of rotatable bonds is 6. The third kappa shape index (κ3) is 3.80. The molecular formula is C20H17ClF2N6O. The van der Waals surface area contributed by atoms with Crippen LogP contribution in [0.3, 0.4) is 0 Å². The number of nitrogens with two attached hydrogens (primary N) is 1. The standard InChI is InChI=1S/C20H17ClF2N6O/c21-14-2-1-5-25-17(14)20(7-12(22)8-20)10-27-19-26-9-16(28-29-19)13-6-11(18(24)30)3-4-15(13)23/h1-6,9,12H,7-8,10H2,(H2,24,30)(H,26,27,29). The van der Waals surface area contributed by atoms with E-state index in [9.17, 15) is 13.6 Å². The third-order valence-corrected chi connectivity index (χ3v) is 5.46. The van der Waals surface area contributed by atoms with Crippen LogP contribution < -0.4 is 11.1 Å². The summed E-state index contributed by atoms with van der Waals surface area (Å²) in [4.78, 5) is 19.8. The third-order valence-electron chi connectivity index (χ3n) is 5.16. The first-order valence-corrected chi connectivity index (χ1v) is 9.54. The number of aromatic nitrogens is 4. The lowest BCUT2D eigenvalue weighted by Crippen LogP contribution is -2.48. The normalized spacial score (nSPS) is 20.4. The Labute approximate surface area is 175 Å².